The number of piperazine rings is 1. The summed E-state index contributed by atoms with van der Waals surface area (Å²) in [6.07, 6.45) is -0.106. The van der Waals surface area contributed by atoms with Gasteiger partial charge < -0.3 is 14.9 Å². The topological polar surface area (TPSA) is 98.2 Å². The fraction of sp³-hybridized carbons (Fsp3) is 0.364. The molecule has 0 aliphatic carbocycles. The third kappa shape index (κ3) is 4.42. The zero-order chi connectivity index (χ0) is 23.9. The molecule has 33 heavy (non-hydrogen) atoms. The number of hydrogen-bond donors (Lipinski definition) is 1. The van der Waals surface area contributed by atoms with Crippen molar-refractivity contribution in [1.29, 1.82) is 0 Å². The van der Waals surface area contributed by atoms with E-state index in [1.807, 2.05) is 0 Å². The van der Waals surface area contributed by atoms with E-state index in [4.69, 9.17) is 0 Å². The van der Waals surface area contributed by atoms with E-state index in [9.17, 15) is 31.9 Å². The Kier molecular flexibility index (Phi) is 6.10. The van der Waals surface area contributed by atoms with E-state index in [0.717, 1.165) is 11.0 Å². The number of benzene rings is 2. The Balaban J connectivity index is 1.41. The van der Waals surface area contributed by atoms with Crippen molar-refractivity contribution in [2.24, 2.45) is 5.92 Å². The van der Waals surface area contributed by atoms with Crippen molar-refractivity contribution in [2.75, 3.05) is 37.6 Å². The molecule has 2 aromatic rings. The van der Waals surface area contributed by atoms with Crippen LogP contribution in [0.3, 0.4) is 0 Å². The Morgan fingerprint density at radius 3 is 2.42 bits per heavy atom. The van der Waals surface area contributed by atoms with Crippen LogP contribution in [0.25, 0.3) is 0 Å². The lowest BCUT2D eigenvalue weighted by Crippen LogP contribution is -2.52. The molecule has 0 saturated carbocycles. The number of phenols is 1. The van der Waals surface area contributed by atoms with Crippen LogP contribution >= 0.6 is 0 Å². The molecule has 0 aromatic heterocycles. The SMILES string of the molecule is Cc1ccc(O)c(S(=O)(=O)N2CCN(C(=O)C3CC(=O)N(c4ccc(F)cc4F)C3)CC2)c1. The Morgan fingerprint density at radius 1 is 1.06 bits per heavy atom. The summed E-state index contributed by atoms with van der Waals surface area (Å²) in [5.74, 6) is -3.43. The van der Waals surface area contributed by atoms with Gasteiger partial charge in [0.15, 0.2) is 0 Å². The summed E-state index contributed by atoms with van der Waals surface area (Å²) in [6.45, 7) is 2.02. The van der Waals surface area contributed by atoms with Crippen LogP contribution in [0.5, 0.6) is 5.75 Å². The molecule has 1 atom stereocenters. The number of aryl methyl sites for hydroxylation is 1. The molecule has 8 nitrogen and oxygen atoms in total. The average Bonchev–Trinajstić information content (AvgIpc) is 3.16. The lowest BCUT2D eigenvalue weighted by Gasteiger charge is -2.35. The van der Waals surface area contributed by atoms with Gasteiger partial charge in [0.2, 0.25) is 21.8 Å². The van der Waals surface area contributed by atoms with Gasteiger partial charge in [-0.3, -0.25) is 9.59 Å². The van der Waals surface area contributed by atoms with E-state index in [1.165, 1.54) is 27.4 Å². The predicted molar refractivity (Wildman–Crippen MR) is 115 cm³/mol. The van der Waals surface area contributed by atoms with Crippen LogP contribution in [0.2, 0.25) is 0 Å². The van der Waals surface area contributed by atoms with Crippen LogP contribution < -0.4 is 4.90 Å². The van der Waals surface area contributed by atoms with E-state index in [2.05, 4.69) is 0 Å². The number of nitrogens with zero attached hydrogens (tertiary/aromatic N) is 3. The number of rotatable bonds is 4. The second-order valence-corrected chi connectivity index (χ2v) is 10.1. The van der Waals surface area contributed by atoms with Gasteiger partial charge in [-0.2, -0.15) is 4.31 Å². The number of phenolic OH excluding ortho intramolecular Hbond substituents is 1. The standard InChI is InChI=1S/C22H23F2N3O5S/c1-14-2-5-19(28)20(10-14)33(31,32)26-8-6-25(7-9-26)22(30)15-11-21(29)27(13-15)18-4-3-16(23)12-17(18)24/h2-5,10,12,15,28H,6-9,11,13H2,1H3. The molecule has 2 aromatic carbocycles. The summed E-state index contributed by atoms with van der Waals surface area (Å²) in [7, 11) is -3.93. The number of carbonyl (C=O) groups excluding carboxylic acids is 2. The van der Waals surface area contributed by atoms with Crippen LogP contribution in [-0.2, 0) is 19.6 Å². The maximum absolute atomic E-state index is 14.1. The van der Waals surface area contributed by atoms with Crippen molar-refractivity contribution in [3.63, 3.8) is 0 Å². The highest BCUT2D eigenvalue weighted by atomic mass is 32.2. The van der Waals surface area contributed by atoms with Gasteiger partial charge in [0.1, 0.15) is 22.3 Å². The molecule has 2 saturated heterocycles. The van der Waals surface area contributed by atoms with Crippen LogP contribution in [0, 0.1) is 24.5 Å². The van der Waals surface area contributed by atoms with Gasteiger partial charge in [0.05, 0.1) is 11.6 Å². The minimum absolute atomic E-state index is 0.0318. The maximum Gasteiger partial charge on any atom is 0.246 e. The summed E-state index contributed by atoms with van der Waals surface area (Å²) in [5.41, 5.74) is 0.610. The van der Waals surface area contributed by atoms with Crippen LogP contribution in [0.15, 0.2) is 41.3 Å². The molecular weight excluding hydrogens is 456 g/mol. The largest absolute Gasteiger partial charge is 0.507 e. The molecule has 1 unspecified atom stereocenters. The lowest BCUT2D eigenvalue weighted by molar-refractivity contribution is -0.136. The highest BCUT2D eigenvalue weighted by molar-refractivity contribution is 7.89. The molecule has 2 amide bonds. The molecule has 11 heteroatoms. The Bertz CT molecular complexity index is 1210. The Labute approximate surface area is 190 Å². The number of hydrogen-bond acceptors (Lipinski definition) is 5. The van der Waals surface area contributed by atoms with Gasteiger partial charge >= 0.3 is 0 Å². The van der Waals surface area contributed by atoms with Crippen molar-refractivity contribution >= 4 is 27.5 Å². The molecule has 2 aliphatic rings. The van der Waals surface area contributed by atoms with Gasteiger partial charge in [0.25, 0.3) is 0 Å². The molecule has 176 valence electrons. The molecule has 0 radical (unpaired) electrons. The first-order valence-electron chi connectivity index (χ1n) is 10.4. The Morgan fingerprint density at radius 2 is 1.76 bits per heavy atom. The first kappa shape index (κ1) is 23.1. The number of aromatic hydroxyl groups is 1. The first-order chi connectivity index (χ1) is 15.6. The number of halogens is 2. The van der Waals surface area contributed by atoms with Crippen molar-refractivity contribution < 1.29 is 31.9 Å². The number of sulfonamides is 1. The summed E-state index contributed by atoms with van der Waals surface area (Å²) >= 11 is 0. The third-order valence-corrected chi connectivity index (χ3v) is 7.89. The van der Waals surface area contributed by atoms with Crippen molar-refractivity contribution in [3.8, 4) is 5.75 Å². The number of amides is 2. The third-order valence-electron chi connectivity index (χ3n) is 5.96. The van der Waals surface area contributed by atoms with Crippen LogP contribution in [0.1, 0.15) is 12.0 Å². The van der Waals surface area contributed by atoms with Gasteiger partial charge in [-0.05, 0) is 36.8 Å². The molecule has 0 bridgehead atoms. The quantitative estimate of drug-likeness (QED) is 0.722. The second-order valence-electron chi connectivity index (χ2n) is 8.20. The summed E-state index contributed by atoms with van der Waals surface area (Å²) in [4.78, 5) is 27.8. The molecule has 0 spiro atoms. The molecule has 1 N–H and O–H groups in total. The minimum Gasteiger partial charge on any atom is -0.507 e. The molecular formula is C22H23F2N3O5S. The minimum atomic E-state index is -3.93. The number of carbonyl (C=O) groups is 2. The zero-order valence-electron chi connectivity index (χ0n) is 17.9. The molecule has 2 fully saturated rings. The van der Waals surface area contributed by atoms with Crippen molar-refractivity contribution in [1.82, 2.24) is 9.21 Å². The monoisotopic (exact) mass is 479 g/mol. The van der Waals surface area contributed by atoms with Gasteiger partial charge in [-0.1, -0.05) is 6.07 Å². The molecule has 2 heterocycles. The fourth-order valence-corrected chi connectivity index (χ4v) is 5.77. The van der Waals surface area contributed by atoms with E-state index >= 15 is 0 Å². The van der Waals surface area contributed by atoms with Crippen molar-refractivity contribution in [2.45, 2.75) is 18.2 Å². The van der Waals surface area contributed by atoms with Gasteiger partial charge in [-0.25, -0.2) is 17.2 Å². The summed E-state index contributed by atoms with van der Waals surface area (Å²) in [5, 5.41) is 10.0. The first-order valence-corrected chi connectivity index (χ1v) is 11.9. The summed E-state index contributed by atoms with van der Waals surface area (Å²) < 4.78 is 54.4. The second kappa shape index (κ2) is 8.71. The van der Waals surface area contributed by atoms with Gasteiger partial charge in [-0.15, -0.1) is 0 Å². The van der Waals surface area contributed by atoms with Crippen molar-refractivity contribution in [3.05, 3.63) is 53.6 Å². The highest BCUT2D eigenvalue weighted by Gasteiger charge is 2.40. The number of anilines is 1. The zero-order valence-corrected chi connectivity index (χ0v) is 18.7. The highest BCUT2D eigenvalue weighted by Crippen LogP contribution is 2.30. The van der Waals surface area contributed by atoms with E-state index in [1.54, 1.807) is 13.0 Å². The normalized spacial score (nSPS) is 19.8. The molecule has 2 aliphatic heterocycles. The predicted octanol–water partition coefficient (Wildman–Crippen LogP) is 1.86. The van der Waals surface area contributed by atoms with E-state index in [-0.39, 0.29) is 61.4 Å². The van der Waals surface area contributed by atoms with Gasteiger partial charge in [0, 0.05) is 45.2 Å². The van der Waals surface area contributed by atoms with E-state index < -0.39 is 33.5 Å². The average molecular weight is 480 g/mol. The Hall–Kier alpha value is -3.05. The fourth-order valence-electron chi connectivity index (χ4n) is 4.18. The smallest absolute Gasteiger partial charge is 0.246 e. The maximum atomic E-state index is 14.1. The van der Waals surface area contributed by atoms with Crippen LogP contribution in [-0.4, -0.2) is 67.3 Å². The summed E-state index contributed by atoms with van der Waals surface area (Å²) in [6, 6.07) is 7.23. The molecule has 4 rings (SSSR count). The lowest BCUT2D eigenvalue weighted by atomic mass is 10.1. The van der Waals surface area contributed by atoms with E-state index in [0.29, 0.717) is 11.6 Å². The van der Waals surface area contributed by atoms with Crippen LogP contribution in [0.4, 0.5) is 14.5 Å².